The van der Waals surface area contributed by atoms with E-state index in [4.69, 9.17) is 13.9 Å². The number of carbonyl (C=O) groups excluding carboxylic acids is 1. The van der Waals surface area contributed by atoms with E-state index < -0.39 is 0 Å². The second-order valence-corrected chi connectivity index (χ2v) is 6.59. The standard InChI is InChI=1S/C21H29NO4/c1-6-24-19-12-20-18(16(5)13-26-20)11-17(19)15(4)10-21(23)22-8-7-9-25-14(2)3/h10-14H,6-9H2,1-5H3,(H,22,23)/b15-10+. The number of amides is 1. The first kappa shape index (κ1) is 20.0. The van der Waals surface area contributed by atoms with Crippen LogP contribution in [0.25, 0.3) is 16.5 Å². The predicted molar refractivity (Wildman–Crippen MR) is 104 cm³/mol. The van der Waals surface area contributed by atoms with Gasteiger partial charge in [-0.3, -0.25) is 4.79 Å². The van der Waals surface area contributed by atoms with Gasteiger partial charge in [0.1, 0.15) is 11.3 Å². The summed E-state index contributed by atoms with van der Waals surface area (Å²) in [6.45, 7) is 11.6. The Morgan fingerprint density at radius 2 is 2.12 bits per heavy atom. The van der Waals surface area contributed by atoms with E-state index >= 15 is 0 Å². The number of hydrogen-bond acceptors (Lipinski definition) is 4. The summed E-state index contributed by atoms with van der Waals surface area (Å²) >= 11 is 0. The summed E-state index contributed by atoms with van der Waals surface area (Å²) in [6.07, 6.45) is 4.35. The van der Waals surface area contributed by atoms with Crippen LogP contribution in [0, 0.1) is 6.92 Å². The summed E-state index contributed by atoms with van der Waals surface area (Å²) in [5.74, 6) is 0.611. The van der Waals surface area contributed by atoms with E-state index in [2.05, 4.69) is 5.32 Å². The van der Waals surface area contributed by atoms with Crippen LogP contribution in [-0.2, 0) is 9.53 Å². The molecule has 1 N–H and O–H groups in total. The van der Waals surface area contributed by atoms with E-state index in [1.807, 2.05) is 46.8 Å². The normalized spacial score (nSPS) is 12.0. The Kier molecular flexibility index (Phi) is 7.27. The molecule has 0 atom stereocenters. The molecule has 0 fully saturated rings. The molecule has 1 aromatic carbocycles. The zero-order valence-electron chi connectivity index (χ0n) is 16.3. The number of carbonyl (C=O) groups is 1. The summed E-state index contributed by atoms with van der Waals surface area (Å²) in [4.78, 5) is 12.2. The van der Waals surface area contributed by atoms with Crippen molar-refractivity contribution in [2.45, 2.75) is 47.1 Å². The second-order valence-electron chi connectivity index (χ2n) is 6.59. The third-order valence-corrected chi connectivity index (χ3v) is 4.01. The lowest BCUT2D eigenvalue weighted by Crippen LogP contribution is -2.23. The molecule has 0 unspecified atom stereocenters. The van der Waals surface area contributed by atoms with Crippen molar-refractivity contribution in [3.8, 4) is 5.75 Å². The molecular weight excluding hydrogens is 330 g/mol. The fraction of sp³-hybridized carbons (Fsp3) is 0.476. The highest BCUT2D eigenvalue weighted by molar-refractivity contribution is 5.97. The minimum absolute atomic E-state index is 0.112. The molecule has 0 aliphatic rings. The Hall–Kier alpha value is -2.27. The lowest BCUT2D eigenvalue weighted by molar-refractivity contribution is -0.116. The van der Waals surface area contributed by atoms with E-state index in [1.54, 1.807) is 12.3 Å². The minimum Gasteiger partial charge on any atom is -0.493 e. The number of ether oxygens (including phenoxy) is 2. The van der Waals surface area contributed by atoms with Gasteiger partial charge < -0.3 is 19.2 Å². The Labute approximate surface area is 155 Å². The fourth-order valence-electron chi connectivity index (χ4n) is 2.69. The Balaban J connectivity index is 2.10. The molecule has 1 aromatic heterocycles. The highest BCUT2D eigenvalue weighted by Crippen LogP contribution is 2.33. The lowest BCUT2D eigenvalue weighted by atomic mass is 10.0. The van der Waals surface area contributed by atoms with Crippen molar-refractivity contribution in [2.24, 2.45) is 0 Å². The molecule has 0 aliphatic heterocycles. The number of furan rings is 1. The largest absolute Gasteiger partial charge is 0.493 e. The van der Waals surface area contributed by atoms with Gasteiger partial charge in [0, 0.05) is 36.2 Å². The molecular formula is C21H29NO4. The van der Waals surface area contributed by atoms with E-state index in [-0.39, 0.29) is 12.0 Å². The molecule has 0 aliphatic carbocycles. The van der Waals surface area contributed by atoms with Crippen molar-refractivity contribution in [1.29, 1.82) is 0 Å². The minimum atomic E-state index is -0.112. The molecule has 142 valence electrons. The first-order chi connectivity index (χ1) is 12.4. The van der Waals surface area contributed by atoms with Crippen molar-refractivity contribution < 1.29 is 18.7 Å². The predicted octanol–water partition coefficient (Wildman–Crippen LogP) is 4.47. The Morgan fingerprint density at radius 3 is 2.81 bits per heavy atom. The van der Waals surface area contributed by atoms with E-state index in [0.717, 1.165) is 39.8 Å². The number of fused-ring (bicyclic) bond motifs is 1. The molecule has 0 spiro atoms. The maximum atomic E-state index is 12.2. The highest BCUT2D eigenvalue weighted by atomic mass is 16.5. The van der Waals surface area contributed by atoms with Crippen molar-refractivity contribution in [3.63, 3.8) is 0 Å². The van der Waals surface area contributed by atoms with Crippen LogP contribution in [0.5, 0.6) is 5.75 Å². The fourth-order valence-corrected chi connectivity index (χ4v) is 2.69. The third kappa shape index (κ3) is 5.36. The van der Waals surface area contributed by atoms with Crippen molar-refractivity contribution in [3.05, 3.63) is 35.6 Å². The van der Waals surface area contributed by atoms with Gasteiger partial charge in [0.05, 0.1) is 19.0 Å². The van der Waals surface area contributed by atoms with Gasteiger partial charge in [-0.2, -0.15) is 0 Å². The first-order valence-corrected chi connectivity index (χ1v) is 9.15. The van der Waals surface area contributed by atoms with Crippen molar-refractivity contribution in [2.75, 3.05) is 19.8 Å². The van der Waals surface area contributed by atoms with Crippen LogP contribution in [0.15, 0.2) is 28.9 Å². The molecule has 26 heavy (non-hydrogen) atoms. The topological polar surface area (TPSA) is 60.7 Å². The average molecular weight is 359 g/mol. The molecule has 0 saturated heterocycles. The van der Waals surface area contributed by atoms with E-state index in [0.29, 0.717) is 19.8 Å². The highest BCUT2D eigenvalue weighted by Gasteiger charge is 2.12. The number of benzene rings is 1. The van der Waals surface area contributed by atoms with Gasteiger partial charge in [0.2, 0.25) is 5.91 Å². The van der Waals surface area contributed by atoms with Gasteiger partial charge in [0.15, 0.2) is 0 Å². The third-order valence-electron chi connectivity index (χ3n) is 4.01. The molecule has 0 radical (unpaired) electrons. The van der Waals surface area contributed by atoms with Gasteiger partial charge in [0.25, 0.3) is 0 Å². The zero-order valence-corrected chi connectivity index (χ0v) is 16.3. The molecule has 1 amide bonds. The summed E-state index contributed by atoms with van der Waals surface area (Å²) in [5.41, 5.74) is 3.61. The summed E-state index contributed by atoms with van der Waals surface area (Å²) < 4.78 is 16.8. The van der Waals surface area contributed by atoms with Crippen LogP contribution in [0.3, 0.4) is 0 Å². The van der Waals surface area contributed by atoms with Crippen LogP contribution >= 0.6 is 0 Å². The number of hydrogen-bond donors (Lipinski definition) is 1. The van der Waals surface area contributed by atoms with E-state index in [9.17, 15) is 4.79 Å². The zero-order chi connectivity index (χ0) is 19.1. The summed E-state index contributed by atoms with van der Waals surface area (Å²) in [7, 11) is 0. The average Bonchev–Trinajstić information content (AvgIpc) is 2.94. The SMILES string of the molecule is CCOc1cc2occ(C)c2cc1/C(C)=C/C(=O)NCCCOC(C)C. The van der Waals surface area contributed by atoms with Gasteiger partial charge in [-0.15, -0.1) is 0 Å². The number of allylic oxidation sites excluding steroid dienone is 1. The molecule has 1 heterocycles. The maximum absolute atomic E-state index is 12.2. The number of aryl methyl sites for hydroxylation is 1. The summed E-state index contributed by atoms with van der Waals surface area (Å²) in [5, 5.41) is 3.93. The number of nitrogens with one attached hydrogen (secondary N) is 1. The van der Waals surface area contributed by atoms with Gasteiger partial charge in [-0.1, -0.05) is 0 Å². The molecule has 5 nitrogen and oxygen atoms in total. The Bertz CT molecular complexity index is 774. The van der Waals surface area contributed by atoms with Gasteiger partial charge in [-0.25, -0.2) is 0 Å². The molecule has 0 bridgehead atoms. The number of rotatable bonds is 9. The van der Waals surface area contributed by atoms with Crippen LogP contribution in [0.2, 0.25) is 0 Å². The second kappa shape index (κ2) is 9.43. The van der Waals surface area contributed by atoms with Crippen molar-refractivity contribution >= 4 is 22.4 Å². The molecule has 2 rings (SSSR count). The quantitative estimate of drug-likeness (QED) is 0.530. The Morgan fingerprint density at radius 1 is 1.35 bits per heavy atom. The molecule has 5 heteroatoms. The lowest BCUT2D eigenvalue weighted by Gasteiger charge is -2.11. The molecule has 0 saturated carbocycles. The van der Waals surface area contributed by atoms with E-state index in [1.165, 1.54) is 0 Å². The summed E-state index contributed by atoms with van der Waals surface area (Å²) in [6, 6.07) is 3.91. The van der Waals surface area contributed by atoms with Gasteiger partial charge in [-0.05, 0) is 58.2 Å². The van der Waals surface area contributed by atoms with Crippen LogP contribution in [0.1, 0.15) is 45.2 Å². The molecule has 2 aromatic rings. The van der Waals surface area contributed by atoms with Crippen molar-refractivity contribution in [1.82, 2.24) is 5.32 Å². The maximum Gasteiger partial charge on any atom is 0.244 e. The first-order valence-electron chi connectivity index (χ1n) is 9.15. The van der Waals surface area contributed by atoms with Crippen LogP contribution in [0.4, 0.5) is 0 Å². The monoisotopic (exact) mass is 359 g/mol. The van der Waals surface area contributed by atoms with Crippen LogP contribution < -0.4 is 10.1 Å². The smallest absolute Gasteiger partial charge is 0.244 e. The van der Waals surface area contributed by atoms with Gasteiger partial charge >= 0.3 is 0 Å². The van der Waals surface area contributed by atoms with Crippen LogP contribution in [-0.4, -0.2) is 31.8 Å².